The molecule has 0 N–H and O–H groups in total. The molecule has 0 aromatic rings. The highest BCUT2D eigenvalue weighted by atomic mass is 16.8. The van der Waals surface area contributed by atoms with Gasteiger partial charge in [0.05, 0.1) is 21.3 Å². The summed E-state index contributed by atoms with van der Waals surface area (Å²) in [5.74, 6) is -3.99. The summed E-state index contributed by atoms with van der Waals surface area (Å²) in [5.41, 5.74) is 0. The van der Waals surface area contributed by atoms with Crippen molar-refractivity contribution in [2.24, 2.45) is 5.92 Å². The largest absolute Gasteiger partial charge is 0.468 e. The zero-order valence-corrected chi connectivity index (χ0v) is 13.9. The van der Waals surface area contributed by atoms with E-state index >= 15 is 0 Å². The maximum absolute atomic E-state index is 11.7. The van der Waals surface area contributed by atoms with E-state index in [0.717, 1.165) is 0 Å². The highest BCUT2D eigenvalue weighted by molar-refractivity contribution is 5.94. The molecule has 0 aromatic heterocycles. The van der Waals surface area contributed by atoms with Gasteiger partial charge in [0, 0.05) is 0 Å². The van der Waals surface area contributed by atoms with Crippen molar-refractivity contribution in [1.82, 2.24) is 0 Å². The number of hydrogen-bond acceptors (Lipinski definition) is 8. The van der Waals surface area contributed by atoms with Gasteiger partial charge in [0.25, 0.3) is 0 Å². The third-order valence-electron chi connectivity index (χ3n) is 3.23. The molecule has 1 heterocycles. The molecule has 1 saturated heterocycles. The van der Waals surface area contributed by atoms with E-state index in [1.165, 1.54) is 21.3 Å². The minimum atomic E-state index is -1.08. The average molecular weight is 330 g/mol. The Hall–Kier alpha value is -1.93. The van der Waals surface area contributed by atoms with Crippen LogP contribution in [0.2, 0.25) is 0 Å². The van der Waals surface area contributed by atoms with Crippen molar-refractivity contribution in [1.29, 1.82) is 0 Å². The molecule has 0 bridgehead atoms. The molecule has 1 aliphatic rings. The van der Waals surface area contributed by atoms with Crippen LogP contribution in [-0.4, -0.2) is 57.2 Å². The van der Waals surface area contributed by atoms with Crippen molar-refractivity contribution in [2.45, 2.75) is 38.3 Å². The molecule has 8 nitrogen and oxygen atoms in total. The van der Waals surface area contributed by atoms with Crippen LogP contribution in [0.1, 0.15) is 20.3 Å². The Kier molecular flexibility index (Phi) is 6.71. The molecule has 0 amide bonds. The average Bonchev–Trinajstić information content (AvgIpc) is 2.84. The lowest BCUT2D eigenvalue weighted by Crippen LogP contribution is -2.31. The number of rotatable bonds is 6. The predicted molar refractivity (Wildman–Crippen MR) is 77.1 cm³/mol. The smallest absolute Gasteiger partial charge is 0.338 e. The van der Waals surface area contributed by atoms with Crippen molar-refractivity contribution in [3.63, 3.8) is 0 Å². The Bertz CT molecular complexity index is 466. The zero-order chi connectivity index (χ0) is 17.6. The molecule has 0 aliphatic carbocycles. The molecule has 130 valence electrons. The molecule has 0 saturated carbocycles. The van der Waals surface area contributed by atoms with Gasteiger partial charge in [-0.25, -0.2) is 4.79 Å². The maximum Gasteiger partial charge on any atom is 0.338 e. The first-order chi connectivity index (χ1) is 10.8. The van der Waals surface area contributed by atoms with Crippen LogP contribution < -0.4 is 0 Å². The Morgan fingerprint density at radius 1 is 1.04 bits per heavy atom. The van der Waals surface area contributed by atoms with Crippen LogP contribution >= 0.6 is 0 Å². The molecule has 0 spiro atoms. The maximum atomic E-state index is 11.7. The SMILES string of the molecule is COC(=O)C(C/C=C/[C@H]1OC(C)(C)O[C@H]1C(=O)OC)C(=O)OC. The lowest BCUT2D eigenvalue weighted by atomic mass is 10.0. The number of esters is 3. The Balaban J connectivity index is 2.79. The second kappa shape index (κ2) is 8.07. The van der Waals surface area contributed by atoms with Crippen LogP contribution in [0.25, 0.3) is 0 Å². The number of allylic oxidation sites excluding steroid dienone is 1. The molecule has 2 atom stereocenters. The summed E-state index contributed by atoms with van der Waals surface area (Å²) in [6.07, 6.45) is 1.54. The van der Waals surface area contributed by atoms with Gasteiger partial charge >= 0.3 is 17.9 Å². The summed E-state index contributed by atoms with van der Waals surface area (Å²) in [7, 11) is 3.62. The number of methoxy groups -OCH3 is 3. The molecule has 1 fully saturated rings. The Morgan fingerprint density at radius 3 is 2.09 bits per heavy atom. The molecule has 8 heteroatoms. The van der Waals surface area contributed by atoms with Gasteiger partial charge in [0.15, 0.2) is 17.8 Å². The van der Waals surface area contributed by atoms with Crippen LogP contribution in [0.5, 0.6) is 0 Å². The van der Waals surface area contributed by atoms with Gasteiger partial charge in [-0.3, -0.25) is 9.59 Å². The fourth-order valence-corrected chi connectivity index (χ4v) is 2.15. The number of ether oxygens (including phenoxy) is 5. The van der Waals surface area contributed by atoms with Crippen molar-refractivity contribution in [3.05, 3.63) is 12.2 Å². The van der Waals surface area contributed by atoms with Crippen molar-refractivity contribution >= 4 is 17.9 Å². The molecule has 0 radical (unpaired) electrons. The van der Waals surface area contributed by atoms with Crippen LogP contribution in [0.15, 0.2) is 12.2 Å². The van der Waals surface area contributed by atoms with Gasteiger partial charge in [0.2, 0.25) is 0 Å². The second-order valence-corrected chi connectivity index (χ2v) is 5.31. The predicted octanol–water partition coefficient (Wildman–Crippen LogP) is 0.588. The van der Waals surface area contributed by atoms with Crippen molar-refractivity contribution < 1.29 is 38.1 Å². The van der Waals surface area contributed by atoms with E-state index in [4.69, 9.17) is 9.47 Å². The molecule has 1 aliphatic heterocycles. The zero-order valence-electron chi connectivity index (χ0n) is 13.9. The van der Waals surface area contributed by atoms with E-state index in [9.17, 15) is 14.4 Å². The van der Waals surface area contributed by atoms with E-state index in [-0.39, 0.29) is 6.42 Å². The number of carbonyl (C=O) groups is 3. The summed E-state index contributed by atoms with van der Waals surface area (Å²) in [6.45, 7) is 3.34. The van der Waals surface area contributed by atoms with Gasteiger partial charge in [-0.2, -0.15) is 0 Å². The standard InChI is InChI=1S/C15H22O8/c1-15(2)22-10(11(23-15)14(18)21-5)8-6-7-9(12(16)19-3)13(17)20-4/h6,8-11H,7H2,1-5H3/b8-6+/t10-,11-/m1/s1. The number of hydrogen-bond donors (Lipinski definition) is 0. The van der Waals surface area contributed by atoms with Gasteiger partial charge in [-0.1, -0.05) is 12.2 Å². The van der Waals surface area contributed by atoms with Crippen molar-refractivity contribution in [3.8, 4) is 0 Å². The summed E-state index contributed by atoms with van der Waals surface area (Å²) in [6, 6.07) is 0. The number of carbonyl (C=O) groups excluding carboxylic acids is 3. The van der Waals surface area contributed by atoms with Crippen molar-refractivity contribution in [2.75, 3.05) is 21.3 Å². The van der Waals surface area contributed by atoms with Crippen LogP contribution in [0, 0.1) is 5.92 Å². The Morgan fingerprint density at radius 2 is 1.61 bits per heavy atom. The molecular weight excluding hydrogens is 308 g/mol. The first-order valence-corrected chi connectivity index (χ1v) is 7.01. The van der Waals surface area contributed by atoms with E-state index in [1.54, 1.807) is 26.0 Å². The molecule has 0 aromatic carbocycles. The molecular formula is C15H22O8. The van der Waals surface area contributed by atoms with E-state index < -0.39 is 41.8 Å². The van der Waals surface area contributed by atoms with E-state index in [2.05, 4.69) is 14.2 Å². The molecule has 1 rings (SSSR count). The second-order valence-electron chi connectivity index (χ2n) is 5.31. The highest BCUT2D eigenvalue weighted by Crippen LogP contribution is 2.29. The quantitative estimate of drug-likeness (QED) is 0.302. The molecule has 0 unspecified atom stereocenters. The first kappa shape index (κ1) is 19.1. The summed E-state index contributed by atoms with van der Waals surface area (Å²) in [4.78, 5) is 34.9. The van der Waals surface area contributed by atoms with Gasteiger partial charge in [-0.05, 0) is 20.3 Å². The van der Waals surface area contributed by atoms with Crippen LogP contribution in [0.3, 0.4) is 0 Å². The lowest BCUT2D eigenvalue weighted by molar-refractivity contribution is -0.167. The van der Waals surface area contributed by atoms with Gasteiger partial charge in [-0.15, -0.1) is 0 Å². The topological polar surface area (TPSA) is 97.4 Å². The van der Waals surface area contributed by atoms with E-state index in [0.29, 0.717) is 0 Å². The third kappa shape index (κ3) is 5.04. The summed E-state index contributed by atoms with van der Waals surface area (Å²) < 4.78 is 24.9. The lowest BCUT2D eigenvalue weighted by Gasteiger charge is -2.15. The highest BCUT2D eigenvalue weighted by Gasteiger charge is 2.44. The Labute approximate surface area is 134 Å². The fraction of sp³-hybridized carbons (Fsp3) is 0.667. The molecule has 23 heavy (non-hydrogen) atoms. The third-order valence-corrected chi connectivity index (χ3v) is 3.23. The minimum Gasteiger partial charge on any atom is -0.468 e. The normalized spacial score (nSPS) is 23.0. The monoisotopic (exact) mass is 330 g/mol. The van der Waals surface area contributed by atoms with Crippen LogP contribution in [-0.2, 0) is 38.1 Å². The van der Waals surface area contributed by atoms with Gasteiger partial charge < -0.3 is 23.7 Å². The van der Waals surface area contributed by atoms with Crippen LogP contribution in [0.4, 0.5) is 0 Å². The summed E-state index contributed by atoms with van der Waals surface area (Å²) >= 11 is 0. The minimum absolute atomic E-state index is 0.0491. The van der Waals surface area contributed by atoms with Gasteiger partial charge in [0.1, 0.15) is 6.10 Å². The first-order valence-electron chi connectivity index (χ1n) is 7.01. The van der Waals surface area contributed by atoms with E-state index in [1.807, 2.05) is 0 Å². The summed E-state index contributed by atoms with van der Waals surface area (Å²) in [5, 5.41) is 0. The fourth-order valence-electron chi connectivity index (χ4n) is 2.15.